The molecule has 0 N–H and O–H groups in total. The Bertz CT molecular complexity index is 508. The van der Waals surface area contributed by atoms with Crippen LogP contribution in [0.1, 0.15) is 54.4 Å². The molecule has 0 radical (unpaired) electrons. The predicted octanol–water partition coefficient (Wildman–Crippen LogP) is 5.61. The summed E-state index contributed by atoms with van der Waals surface area (Å²) in [6.07, 6.45) is 15.6. The molecule has 1 nitrogen and oxygen atoms in total. The summed E-state index contributed by atoms with van der Waals surface area (Å²) in [6.45, 7) is 14.4. The Labute approximate surface area is 130 Å². The molecule has 0 saturated carbocycles. The number of hydrogen-bond acceptors (Lipinski definition) is 1. The Balaban J connectivity index is 2.57. The molecule has 0 aromatic rings. The summed E-state index contributed by atoms with van der Waals surface area (Å²) < 4.78 is 6.49. The zero-order chi connectivity index (χ0) is 15.7. The molecule has 1 unspecified atom stereocenters. The normalized spacial score (nSPS) is 26.0. The third-order valence-corrected chi connectivity index (χ3v) is 4.94. The zero-order valence-electron chi connectivity index (χ0n) is 14.5. The molecule has 0 aromatic heterocycles. The van der Waals surface area contributed by atoms with E-state index in [2.05, 4.69) is 78.0 Å². The van der Waals surface area contributed by atoms with Gasteiger partial charge in [0, 0.05) is 12.0 Å². The van der Waals surface area contributed by atoms with Crippen LogP contribution in [0.2, 0.25) is 0 Å². The van der Waals surface area contributed by atoms with Crippen LogP contribution in [0.25, 0.3) is 0 Å². The molecule has 0 aromatic carbocycles. The summed E-state index contributed by atoms with van der Waals surface area (Å²) >= 11 is 0. The van der Waals surface area contributed by atoms with Gasteiger partial charge in [0.05, 0.1) is 0 Å². The standard InChI is InChI=1S/C20H30O/c1-7-21-20(19(5,6)16-12-8-9-13-16)15-11-10-14-17(20)18(2,3)4/h8,10-14H,7,9,15H2,1-6H3. The van der Waals surface area contributed by atoms with Crippen molar-refractivity contribution in [2.45, 2.75) is 60.0 Å². The van der Waals surface area contributed by atoms with E-state index in [0.29, 0.717) is 0 Å². The number of hydrogen-bond donors (Lipinski definition) is 0. The second-order valence-corrected chi connectivity index (χ2v) is 7.65. The van der Waals surface area contributed by atoms with E-state index < -0.39 is 0 Å². The molecule has 2 rings (SSSR count). The molecule has 1 heteroatoms. The van der Waals surface area contributed by atoms with Crippen molar-refractivity contribution >= 4 is 0 Å². The van der Waals surface area contributed by atoms with Gasteiger partial charge in [-0.1, -0.05) is 71.1 Å². The maximum atomic E-state index is 6.49. The lowest BCUT2D eigenvalue weighted by molar-refractivity contribution is -0.0847. The average Bonchev–Trinajstić information content (AvgIpc) is 2.92. The van der Waals surface area contributed by atoms with Gasteiger partial charge in [0.25, 0.3) is 0 Å². The van der Waals surface area contributed by atoms with Gasteiger partial charge < -0.3 is 4.74 Å². The first kappa shape index (κ1) is 16.3. The predicted molar refractivity (Wildman–Crippen MR) is 91.3 cm³/mol. The van der Waals surface area contributed by atoms with E-state index in [9.17, 15) is 0 Å². The summed E-state index contributed by atoms with van der Waals surface area (Å²) in [5.74, 6) is 0. The van der Waals surface area contributed by atoms with Crippen LogP contribution >= 0.6 is 0 Å². The molecule has 2 aliphatic carbocycles. The van der Waals surface area contributed by atoms with E-state index in [-0.39, 0.29) is 16.4 Å². The molecule has 0 fully saturated rings. The minimum absolute atomic E-state index is 0.0418. The molecule has 0 amide bonds. The van der Waals surface area contributed by atoms with Gasteiger partial charge in [-0.3, -0.25) is 0 Å². The van der Waals surface area contributed by atoms with Crippen LogP contribution in [0, 0.1) is 10.8 Å². The van der Waals surface area contributed by atoms with Gasteiger partial charge in [0.15, 0.2) is 0 Å². The molecule has 0 bridgehead atoms. The van der Waals surface area contributed by atoms with Gasteiger partial charge in [-0.15, -0.1) is 0 Å². The van der Waals surface area contributed by atoms with Crippen molar-refractivity contribution in [1.29, 1.82) is 0 Å². The molecular weight excluding hydrogens is 256 g/mol. The molecule has 2 aliphatic rings. The summed E-state index contributed by atoms with van der Waals surface area (Å²) in [5.41, 5.74) is 2.61. The van der Waals surface area contributed by atoms with E-state index in [1.807, 2.05) is 0 Å². The van der Waals surface area contributed by atoms with Gasteiger partial charge in [0.1, 0.15) is 5.60 Å². The molecule has 0 aliphatic heterocycles. The number of allylic oxidation sites excluding steroid dienone is 5. The van der Waals surface area contributed by atoms with Crippen LogP contribution < -0.4 is 0 Å². The van der Waals surface area contributed by atoms with E-state index in [4.69, 9.17) is 4.74 Å². The maximum absolute atomic E-state index is 6.49. The maximum Gasteiger partial charge on any atom is 0.102 e. The van der Waals surface area contributed by atoms with Gasteiger partial charge in [-0.05, 0) is 36.3 Å². The van der Waals surface area contributed by atoms with Crippen LogP contribution in [-0.4, -0.2) is 12.2 Å². The van der Waals surface area contributed by atoms with E-state index in [0.717, 1.165) is 19.4 Å². The lowest BCUT2D eigenvalue weighted by Gasteiger charge is -2.52. The first-order chi connectivity index (χ1) is 9.75. The van der Waals surface area contributed by atoms with E-state index in [1.54, 1.807) is 0 Å². The molecule has 0 saturated heterocycles. The van der Waals surface area contributed by atoms with Gasteiger partial charge in [0.2, 0.25) is 0 Å². The van der Waals surface area contributed by atoms with Crippen molar-refractivity contribution in [2.75, 3.05) is 6.61 Å². The Kier molecular flexibility index (Phi) is 4.35. The van der Waals surface area contributed by atoms with Crippen LogP contribution in [0.4, 0.5) is 0 Å². The Hall–Kier alpha value is -1.08. The highest BCUT2D eigenvalue weighted by Crippen LogP contribution is 2.54. The quantitative estimate of drug-likeness (QED) is 0.653. The molecule has 116 valence electrons. The average molecular weight is 286 g/mol. The molecule has 1 atom stereocenters. The minimum atomic E-state index is -0.255. The SMILES string of the molecule is CCOC1(C(C)(C)C2=CCC=C2)CC=CC=C1C(C)(C)C. The second-order valence-electron chi connectivity index (χ2n) is 7.65. The van der Waals surface area contributed by atoms with Gasteiger partial charge in [-0.2, -0.15) is 0 Å². The number of rotatable bonds is 4. The molecular formula is C20H30O. The monoisotopic (exact) mass is 286 g/mol. The van der Waals surface area contributed by atoms with Crippen LogP contribution in [-0.2, 0) is 4.74 Å². The minimum Gasteiger partial charge on any atom is -0.370 e. The summed E-state index contributed by atoms with van der Waals surface area (Å²) in [6, 6.07) is 0. The third-order valence-electron chi connectivity index (χ3n) is 4.94. The number of ether oxygens (including phenoxy) is 1. The fraction of sp³-hybridized carbons (Fsp3) is 0.600. The van der Waals surface area contributed by atoms with Crippen LogP contribution in [0.15, 0.2) is 47.6 Å². The highest BCUT2D eigenvalue weighted by Gasteiger charge is 2.52. The first-order valence-electron chi connectivity index (χ1n) is 8.14. The second kappa shape index (κ2) is 5.61. The first-order valence-corrected chi connectivity index (χ1v) is 8.14. The van der Waals surface area contributed by atoms with Crippen LogP contribution in [0.3, 0.4) is 0 Å². The van der Waals surface area contributed by atoms with Gasteiger partial charge >= 0.3 is 0 Å². The lowest BCUT2D eigenvalue weighted by atomic mass is 9.58. The van der Waals surface area contributed by atoms with Crippen molar-refractivity contribution in [3.05, 3.63) is 47.6 Å². The highest BCUT2D eigenvalue weighted by atomic mass is 16.5. The van der Waals surface area contributed by atoms with E-state index >= 15 is 0 Å². The van der Waals surface area contributed by atoms with Crippen molar-refractivity contribution in [2.24, 2.45) is 10.8 Å². The molecule has 0 spiro atoms. The summed E-state index contributed by atoms with van der Waals surface area (Å²) in [5, 5.41) is 0. The van der Waals surface area contributed by atoms with Crippen molar-refractivity contribution in [3.8, 4) is 0 Å². The molecule has 0 heterocycles. The fourth-order valence-electron chi connectivity index (χ4n) is 3.81. The summed E-state index contributed by atoms with van der Waals surface area (Å²) in [7, 11) is 0. The smallest absolute Gasteiger partial charge is 0.102 e. The van der Waals surface area contributed by atoms with Crippen molar-refractivity contribution < 1.29 is 4.74 Å². The van der Waals surface area contributed by atoms with Gasteiger partial charge in [-0.25, -0.2) is 0 Å². The Morgan fingerprint density at radius 3 is 2.38 bits per heavy atom. The fourth-order valence-corrected chi connectivity index (χ4v) is 3.81. The van der Waals surface area contributed by atoms with Crippen LogP contribution in [0.5, 0.6) is 0 Å². The third kappa shape index (κ3) is 2.68. The van der Waals surface area contributed by atoms with E-state index in [1.165, 1.54) is 11.1 Å². The largest absolute Gasteiger partial charge is 0.370 e. The Morgan fingerprint density at radius 1 is 1.14 bits per heavy atom. The van der Waals surface area contributed by atoms with Crippen molar-refractivity contribution in [1.82, 2.24) is 0 Å². The highest BCUT2D eigenvalue weighted by molar-refractivity contribution is 5.43. The van der Waals surface area contributed by atoms with Crippen molar-refractivity contribution in [3.63, 3.8) is 0 Å². The topological polar surface area (TPSA) is 9.23 Å². The molecule has 21 heavy (non-hydrogen) atoms. The Morgan fingerprint density at radius 2 is 1.86 bits per heavy atom. The zero-order valence-corrected chi connectivity index (χ0v) is 14.5. The summed E-state index contributed by atoms with van der Waals surface area (Å²) in [4.78, 5) is 0. The lowest BCUT2D eigenvalue weighted by Crippen LogP contribution is -2.52.